The van der Waals surface area contributed by atoms with Crippen LogP contribution in [0.3, 0.4) is 0 Å². The number of hydrogen-bond donors (Lipinski definition) is 3. The number of rotatable bonds is 8. The molecule has 2 aromatic rings. The molecule has 0 aliphatic carbocycles. The monoisotopic (exact) mass is 503 g/mol. The molecule has 1 fully saturated rings. The number of anilines is 1. The molecule has 3 rings (SSSR count). The number of nitrogen functional groups attached to an aromatic ring is 1. The number of aliphatic hydroxyl groups excluding tert-OH is 2. The van der Waals surface area contributed by atoms with Gasteiger partial charge in [-0.25, -0.2) is 19.3 Å². The van der Waals surface area contributed by atoms with Crippen molar-refractivity contribution in [2.24, 2.45) is 0 Å². The maximum Gasteiger partial charge on any atom is 0.278 e. The lowest BCUT2D eigenvalue weighted by Crippen LogP contribution is -2.34. The van der Waals surface area contributed by atoms with Gasteiger partial charge in [0.15, 0.2) is 17.7 Å². The Morgan fingerprint density at radius 2 is 1.74 bits per heavy atom. The number of imidazole rings is 1. The predicted molar refractivity (Wildman–Crippen MR) is 86.6 cm³/mol. The largest absolute Gasteiger partial charge is 0.790 e. The Bertz CT molecular complexity index is 1100. The normalized spacial score (nSPS) is 28.5. The average Bonchev–Trinajstić information content (AvgIpc) is 3.13. The summed E-state index contributed by atoms with van der Waals surface area (Å²) in [5.41, 5.74) is 5.92. The standard InChI is InChI=1S/C10H16N5O13P3/c11-8-5-9(13-2-12-8)15(3-14-5)10-7(17)6(16)4(26-10)1-25-30(21,22)28-31(23,24)27-29(18,19)20/h2-4,6-7,10,16-17H,1H2,(H,21,22)(H,23,24)(H2,11,12,13)(H2,18,19,20)/p-4/t4-,6+,7?,10-/m0/s1. The number of nitrogens with two attached hydrogens (primary N) is 1. The summed E-state index contributed by atoms with van der Waals surface area (Å²) in [4.78, 5) is 54.9. The van der Waals surface area contributed by atoms with Crippen LogP contribution in [0, 0.1) is 0 Å². The number of fused-ring (bicyclic) bond motifs is 1. The first-order chi connectivity index (χ1) is 14.2. The fraction of sp³-hybridized carbons (Fsp3) is 0.500. The van der Waals surface area contributed by atoms with Crippen molar-refractivity contribution in [1.29, 1.82) is 0 Å². The minimum Gasteiger partial charge on any atom is -0.790 e. The van der Waals surface area contributed by atoms with Crippen molar-refractivity contribution in [3.05, 3.63) is 12.7 Å². The maximum absolute atomic E-state index is 11.6. The van der Waals surface area contributed by atoms with Crippen LogP contribution in [0.1, 0.15) is 6.23 Å². The highest BCUT2D eigenvalue weighted by molar-refractivity contribution is 7.64. The second kappa shape index (κ2) is 8.53. The molecule has 31 heavy (non-hydrogen) atoms. The summed E-state index contributed by atoms with van der Waals surface area (Å²) < 4.78 is 50.2. The van der Waals surface area contributed by atoms with Crippen molar-refractivity contribution >= 4 is 40.4 Å². The number of phosphoric ester groups is 1. The first-order valence-corrected chi connectivity index (χ1v) is 12.2. The third-order valence-corrected chi connectivity index (χ3v) is 7.46. The Hall–Kier alpha value is -1.36. The molecule has 0 amide bonds. The van der Waals surface area contributed by atoms with Crippen LogP contribution in [-0.4, -0.2) is 54.7 Å². The molecular weight excluding hydrogens is 491 g/mol. The van der Waals surface area contributed by atoms with Crippen molar-refractivity contribution in [2.45, 2.75) is 24.5 Å². The van der Waals surface area contributed by atoms with Gasteiger partial charge in [0.1, 0.15) is 30.2 Å². The Morgan fingerprint density at radius 1 is 1.06 bits per heavy atom. The van der Waals surface area contributed by atoms with Crippen LogP contribution in [-0.2, 0) is 31.6 Å². The highest BCUT2D eigenvalue weighted by Gasteiger charge is 2.45. The van der Waals surface area contributed by atoms with Gasteiger partial charge in [0, 0.05) is 0 Å². The summed E-state index contributed by atoms with van der Waals surface area (Å²) in [6.07, 6.45) is -3.99. The van der Waals surface area contributed by atoms with Crippen LogP contribution in [0.2, 0.25) is 0 Å². The number of nitrogens with zero attached hydrogens (tertiary/aromatic N) is 4. The molecule has 4 N–H and O–H groups in total. The van der Waals surface area contributed by atoms with Crippen LogP contribution >= 0.6 is 23.5 Å². The van der Waals surface area contributed by atoms with Gasteiger partial charge in [-0.15, -0.1) is 0 Å². The van der Waals surface area contributed by atoms with Crippen molar-refractivity contribution in [2.75, 3.05) is 12.3 Å². The fourth-order valence-corrected chi connectivity index (χ4v) is 5.47. The van der Waals surface area contributed by atoms with Crippen LogP contribution in [0.15, 0.2) is 12.7 Å². The second-order valence-electron chi connectivity index (χ2n) is 5.93. The zero-order chi connectivity index (χ0) is 23.2. The molecule has 0 saturated carbocycles. The minimum atomic E-state index is -6.14. The summed E-state index contributed by atoms with van der Waals surface area (Å²) >= 11 is 0. The average molecular weight is 503 g/mol. The molecule has 18 nitrogen and oxygen atoms in total. The molecule has 3 heterocycles. The molecule has 0 bridgehead atoms. The van der Waals surface area contributed by atoms with Gasteiger partial charge in [0.05, 0.1) is 20.8 Å². The smallest absolute Gasteiger partial charge is 0.278 e. The van der Waals surface area contributed by atoms with E-state index >= 15 is 0 Å². The predicted octanol–water partition coefficient (Wildman–Crippen LogP) is -4.16. The number of hydrogen-bond acceptors (Lipinski definition) is 17. The third-order valence-electron chi connectivity index (χ3n) is 3.80. The zero-order valence-electron chi connectivity index (χ0n) is 14.8. The van der Waals surface area contributed by atoms with Crippen LogP contribution in [0.4, 0.5) is 5.82 Å². The number of aliphatic hydroxyl groups is 2. The van der Waals surface area contributed by atoms with Crippen molar-refractivity contribution < 1.29 is 61.4 Å². The maximum atomic E-state index is 11.6. The molecule has 21 heteroatoms. The van der Waals surface area contributed by atoms with E-state index in [0.717, 1.165) is 12.7 Å². The number of aromatic nitrogens is 4. The molecule has 174 valence electrons. The summed E-state index contributed by atoms with van der Waals surface area (Å²) in [7, 11) is -18.1. The quantitative estimate of drug-likeness (QED) is 0.288. The van der Waals surface area contributed by atoms with Gasteiger partial charge < -0.3 is 49.3 Å². The molecule has 6 atom stereocenters. The van der Waals surface area contributed by atoms with Gasteiger partial charge in [-0.1, -0.05) is 0 Å². The van der Waals surface area contributed by atoms with Crippen LogP contribution < -0.4 is 25.3 Å². The first-order valence-electron chi connectivity index (χ1n) is 7.85. The molecule has 0 aromatic carbocycles. The summed E-state index contributed by atoms with van der Waals surface area (Å²) in [5.74, 6) is 0.0195. The van der Waals surface area contributed by atoms with E-state index in [2.05, 4.69) is 28.1 Å². The van der Waals surface area contributed by atoms with E-state index in [1.807, 2.05) is 0 Å². The van der Waals surface area contributed by atoms with Gasteiger partial charge in [0.25, 0.3) is 15.6 Å². The lowest BCUT2D eigenvalue weighted by molar-refractivity contribution is -0.339. The summed E-state index contributed by atoms with van der Waals surface area (Å²) in [6.45, 7) is -1.08. The van der Waals surface area contributed by atoms with Crippen molar-refractivity contribution in [3.8, 4) is 0 Å². The lowest BCUT2D eigenvalue weighted by Gasteiger charge is -2.37. The molecule has 1 saturated heterocycles. The summed E-state index contributed by atoms with van der Waals surface area (Å²) in [5, 5.41) is 20.3. The van der Waals surface area contributed by atoms with E-state index in [9.17, 15) is 43.5 Å². The van der Waals surface area contributed by atoms with Gasteiger partial charge in [0.2, 0.25) is 0 Å². The fourth-order valence-electron chi connectivity index (χ4n) is 2.60. The third kappa shape index (κ3) is 5.71. The Kier molecular flexibility index (Phi) is 6.68. The highest BCUT2D eigenvalue weighted by Crippen LogP contribution is 2.60. The van der Waals surface area contributed by atoms with E-state index in [4.69, 9.17) is 10.5 Å². The van der Waals surface area contributed by atoms with Gasteiger partial charge in [-0.2, -0.15) is 0 Å². The van der Waals surface area contributed by atoms with E-state index in [1.165, 1.54) is 4.57 Å². The molecule has 0 spiro atoms. The van der Waals surface area contributed by atoms with Crippen molar-refractivity contribution in [3.63, 3.8) is 0 Å². The molecule has 2 aromatic heterocycles. The topological polar surface area (TPSA) is 290 Å². The molecule has 3 unspecified atom stereocenters. The molecule has 1 aliphatic rings. The number of ether oxygens (including phenoxy) is 1. The van der Waals surface area contributed by atoms with E-state index in [0.29, 0.717) is 0 Å². The lowest BCUT2D eigenvalue weighted by atomic mass is 10.1. The Labute approximate surface area is 171 Å². The number of phosphoric acid groups is 3. The second-order valence-corrected chi connectivity index (χ2v) is 10.2. The molecule has 1 aliphatic heterocycles. The van der Waals surface area contributed by atoms with Crippen molar-refractivity contribution in [1.82, 2.24) is 19.5 Å². The van der Waals surface area contributed by atoms with Crippen LogP contribution in [0.25, 0.3) is 11.2 Å². The van der Waals surface area contributed by atoms with E-state index < -0.39 is 54.6 Å². The molecular formula is C10H12N5O13P3-4. The Balaban J connectivity index is 1.69. The van der Waals surface area contributed by atoms with Gasteiger partial charge in [-0.05, 0) is 0 Å². The Morgan fingerprint density at radius 3 is 2.39 bits per heavy atom. The zero-order valence-corrected chi connectivity index (χ0v) is 17.4. The van der Waals surface area contributed by atoms with E-state index in [-0.39, 0.29) is 17.0 Å². The highest BCUT2D eigenvalue weighted by atomic mass is 31.3. The van der Waals surface area contributed by atoms with E-state index in [1.54, 1.807) is 0 Å². The minimum absolute atomic E-state index is 0.0195. The molecule has 0 radical (unpaired) electrons. The van der Waals surface area contributed by atoms with Crippen LogP contribution in [0.5, 0.6) is 0 Å². The SMILES string of the molecule is Nc1ncnc2c1ncn2[C@H]1O[C@@H](COP(=O)([O-])OP(=O)([O-])OP(=O)([O-])[O-])[C@@H](O)C1O. The van der Waals surface area contributed by atoms with Gasteiger partial charge in [-0.3, -0.25) is 18.0 Å². The first kappa shape index (κ1) is 24.3. The summed E-state index contributed by atoms with van der Waals surface area (Å²) in [6, 6.07) is 0. The van der Waals surface area contributed by atoms with Gasteiger partial charge >= 0.3 is 0 Å².